The quantitative estimate of drug-likeness (QED) is 0.837. The number of halogens is 2. The van der Waals surface area contributed by atoms with E-state index < -0.39 is 0 Å². The Kier molecular flexibility index (Phi) is 5.02. The second-order valence-corrected chi connectivity index (χ2v) is 5.46. The second kappa shape index (κ2) is 5.87. The van der Waals surface area contributed by atoms with E-state index in [1.807, 2.05) is 26.8 Å². The summed E-state index contributed by atoms with van der Waals surface area (Å²) in [6, 6.07) is 5.35. The van der Waals surface area contributed by atoms with Crippen molar-refractivity contribution < 1.29 is 4.79 Å². The molecule has 0 aliphatic carbocycles. The SMILES string of the molecule is CCC(C)(CBr)NC(=O)c1cc(Cl)ccc1C. The van der Waals surface area contributed by atoms with E-state index in [9.17, 15) is 4.79 Å². The van der Waals surface area contributed by atoms with Crippen LogP contribution in [0, 0.1) is 6.92 Å². The number of carbonyl (C=O) groups is 1. The van der Waals surface area contributed by atoms with Gasteiger partial charge in [0.2, 0.25) is 0 Å². The Morgan fingerprint density at radius 2 is 2.18 bits per heavy atom. The maximum atomic E-state index is 12.2. The Morgan fingerprint density at radius 3 is 2.71 bits per heavy atom. The fourth-order valence-electron chi connectivity index (χ4n) is 1.40. The van der Waals surface area contributed by atoms with E-state index in [4.69, 9.17) is 11.6 Å². The number of rotatable bonds is 4. The van der Waals surface area contributed by atoms with Crippen molar-refractivity contribution in [2.24, 2.45) is 0 Å². The maximum Gasteiger partial charge on any atom is 0.252 e. The van der Waals surface area contributed by atoms with Crippen LogP contribution in [0.1, 0.15) is 36.2 Å². The number of carbonyl (C=O) groups excluding carboxylic acids is 1. The van der Waals surface area contributed by atoms with E-state index in [2.05, 4.69) is 21.2 Å². The molecular formula is C13H17BrClNO. The van der Waals surface area contributed by atoms with Crippen LogP contribution in [0.3, 0.4) is 0 Å². The smallest absolute Gasteiger partial charge is 0.252 e. The fourth-order valence-corrected chi connectivity index (χ4v) is 2.11. The second-order valence-electron chi connectivity index (χ2n) is 4.46. The lowest BCUT2D eigenvalue weighted by atomic mass is 10.0. The van der Waals surface area contributed by atoms with Crippen LogP contribution in [-0.2, 0) is 0 Å². The molecule has 1 aromatic carbocycles. The molecule has 2 nitrogen and oxygen atoms in total. The van der Waals surface area contributed by atoms with E-state index in [0.717, 1.165) is 17.3 Å². The summed E-state index contributed by atoms with van der Waals surface area (Å²) in [4.78, 5) is 12.2. The summed E-state index contributed by atoms with van der Waals surface area (Å²) in [5.41, 5.74) is 1.34. The summed E-state index contributed by atoms with van der Waals surface area (Å²) in [7, 11) is 0. The van der Waals surface area contributed by atoms with E-state index >= 15 is 0 Å². The van der Waals surface area contributed by atoms with E-state index in [1.165, 1.54) is 0 Å². The average Bonchev–Trinajstić information content (AvgIpc) is 2.32. The van der Waals surface area contributed by atoms with Gasteiger partial charge in [-0.3, -0.25) is 4.79 Å². The van der Waals surface area contributed by atoms with Crippen molar-refractivity contribution in [3.8, 4) is 0 Å². The zero-order valence-corrected chi connectivity index (χ0v) is 12.7. The molecule has 0 aromatic heterocycles. The number of hydrogen-bond acceptors (Lipinski definition) is 1. The monoisotopic (exact) mass is 317 g/mol. The van der Waals surface area contributed by atoms with Gasteiger partial charge >= 0.3 is 0 Å². The Balaban J connectivity index is 2.94. The first-order chi connectivity index (χ1) is 7.91. The molecule has 0 saturated carbocycles. The fraction of sp³-hybridized carbons (Fsp3) is 0.462. The van der Waals surface area contributed by atoms with Crippen LogP contribution in [0.5, 0.6) is 0 Å². The summed E-state index contributed by atoms with van der Waals surface area (Å²) in [5.74, 6) is -0.0752. The third-order valence-corrected chi connectivity index (χ3v) is 4.41. The summed E-state index contributed by atoms with van der Waals surface area (Å²) in [5, 5.41) is 4.34. The summed E-state index contributed by atoms with van der Waals surface area (Å²) >= 11 is 9.34. The topological polar surface area (TPSA) is 29.1 Å². The van der Waals surface area contributed by atoms with E-state index in [-0.39, 0.29) is 11.4 Å². The molecule has 1 unspecified atom stereocenters. The van der Waals surface area contributed by atoms with Crippen LogP contribution in [0.25, 0.3) is 0 Å². The number of benzene rings is 1. The van der Waals surface area contributed by atoms with Crippen LogP contribution < -0.4 is 5.32 Å². The Hall–Kier alpha value is -0.540. The lowest BCUT2D eigenvalue weighted by Gasteiger charge is -2.27. The molecule has 0 aliphatic rings. The third-order valence-electron chi connectivity index (χ3n) is 2.93. The largest absolute Gasteiger partial charge is 0.346 e. The van der Waals surface area contributed by atoms with Crippen LogP contribution in [0.4, 0.5) is 0 Å². The molecule has 0 saturated heterocycles. The highest BCUT2D eigenvalue weighted by molar-refractivity contribution is 9.09. The molecule has 4 heteroatoms. The predicted molar refractivity (Wildman–Crippen MR) is 76.1 cm³/mol. The summed E-state index contributed by atoms with van der Waals surface area (Å²) in [6.45, 7) is 5.97. The predicted octanol–water partition coefficient (Wildman–Crippen LogP) is 3.94. The third kappa shape index (κ3) is 3.71. The first kappa shape index (κ1) is 14.5. The van der Waals surface area contributed by atoms with Crippen molar-refractivity contribution >= 4 is 33.4 Å². The molecule has 1 aromatic rings. The molecule has 1 atom stereocenters. The van der Waals surface area contributed by atoms with E-state index in [0.29, 0.717) is 10.6 Å². The lowest BCUT2D eigenvalue weighted by Crippen LogP contribution is -2.47. The molecule has 17 heavy (non-hydrogen) atoms. The molecule has 1 rings (SSSR count). The molecule has 1 amide bonds. The van der Waals surface area contributed by atoms with Gasteiger partial charge in [-0.15, -0.1) is 0 Å². The molecule has 94 valence electrons. The molecule has 0 fully saturated rings. The van der Waals surface area contributed by atoms with Gasteiger partial charge in [-0.05, 0) is 38.0 Å². The molecule has 0 bridgehead atoms. The maximum absolute atomic E-state index is 12.2. The van der Waals surface area contributed by atoms with Crippen LogP contribution >= 0.6 is 27.5 Å². The van der Waals surface area contributed by atoms with Gasteiger partial charge in [-0.2, -0.15) is 0 Å². The van der Waals surface area contributed by atoms with Gasteiger partial charge in [0.25, 0.3) is 5.91 Å². The van der Waals surface area contributed by atoms with Gasteiger partial charge in [-0.1, -0.05) is 40.5 Å². The molecule has 0 heterocycles. The minimum Gasteiger partial charge on any atom is -0.346 e. The van der Waals surface area contributed by atoms with Gasteiger partial charge in [0, 0.05) is 21.5 Å². The highest BCUT2D eigenvalue weighted by Crippen LogP contribution is 2.18. The zero-order chi connectivity index (χ0) is 13.1. The van der Waals surface area contributed by atoms with Crippen molar-refractivity contribution in [3.05, 3.63) is 34.3 Å². The van der Waals surface area contributed by atoms with Crippen LogP contribution in [0.15, 0.2) is 18.2 Å². The number of amides is 1. The molecule has 0 aliphatic heterocycles. The molecule has 0 radical (unpaired) electrons. The number of hydrogen-bond donors (Lipinski definition) is 1. The summed E-state index contributed by atoms with van der Waals surface area (Å²) in [6.07, 6.45) is 0.865. The lowest BCUT2D eigenvalue weighted by molar-refractivity contribution is 0.0913. The number of aryl methyl sites for hydroxylation is 1. The van der Waals surface area contributed by atoms with Crippen molar-refractivity contribution in [3.63, 3.8) is 0 Å². The van der Waals surface area contributed by atoms with Crippen LogP contribution in [0.2, 0.25) is 5.02 Å². The Labute approximate surface area is 116 Å². The normalized spacial score (nSPS) is 14.2. The highest BCUT2D eigenvalue weighted by Gasteiger charge is 2.24. The van der Waals surface area contributed by atoms with Gasteiger partial charge in [0.1, 0.15) is 0 Å². The number of alkyl halides is 1. The molecular weight excluding hydrogens is 302 g/mol. The minimum absolute atomic E-state index is 0.0752. The average molecular weight is 319 g/mol. The minimum atomic E-state index is -0.230. The zero-order valence-electron chi connectivity index (χ0n) is 10.3. The van der Waals surface area contributed by atoms with Crippen molar-refractivity contribution in [1.82, 2.24) is 5.32 Å². The first-order valence-electron chi connectivity index (χ1n) is 5.56. The Bertz CT molecular complexity index is 416. The first-order valence-corrected chi connectivity index (χ1v) is 7.06. The van der Waals surface area contributed by atoms with E-state index in [1.54, 1.807) is 12.1 Å². The summed E-state index contributed by atoms with van der Waals surface area (Å²) < 4.78 is 0. The number of nitrogens with one attached hydrogen (secondary N) is 1. The highest BCUT2D eigenvalue weighted by atomic mass is 79.9. The standard InChI is InChI=1S/C13H17BrClNO/c1-4-13(3,8-14)16-12(17)11-7-10(15)6-5-9(11)2/h5-7H,4,8H2,1-3H3,(H,16,17). The van der Waals surface area contributed by atoms with Gasteiger partial charge in [0.15, 0.2) is 0 Å². The van der Waals surface area contributed by atoms with Crippen molar-refractivity contribution in [1.29, 1.82) is 0 Å². The van der Waals surface area contributed by atoms with Crippen molar-refractivity contribution in [2.75, 3.05) is 5.33 Å². The van der Waals surface area contributed by atoms with Gasteiger partial charge in [-0.25, -0.2) is 0 Å². The molecule has 1 N–H and O–H groups in total. The van der Waals surface area contributed by atoms with Crippen LogP contribution in [-0.4, -0.2) is 16.8 Å². The van der Waals surface area contributed by atoms with Gasteiger partial charge < -0.3 is 5.32 Å². The van der Waals surface area contributed by atoms with Crippen molar-refractivity contribution in [2.45, 2.75) is 32.7 Å². The van der Waals surface area contributed by atoms with Gasteiger partial charge in [0.05, 0.1) is 0 Å². The molecule has 0 spiro atoms. The Morgan fingerprint density at radius 1 is 1.53 bits per heavy atom.